The first-order chi connectivity index (χ1) is 18.8. The number of rotatable bonds is 13. The predicted molar refractivity (Wildman–Crippen MR) is 175 cm³/mol. The van der Waals surface area contributed by atoms with Gasteiger partial charge in [-0.3, -0.25) is 4.79 Å². The van der Waals surface area contributed by atoms with Crippen LogP contribution in [-0.2, 0) is 18.7 Å². The number of Topliss-reactive ketones (excluding diaryl/α,β-unsaturated/α-hetero) is 1. The molecule has 3 aliphatic carbocycles. The summed E-state index contributed by atoms with van der Waals surface area (Å²) in [6, 6.07) is 0. The van der Waals surface area contributed by atoms with Gasteiger partial charge in [0.15, 0.2) is 8.32 Å². The molecule has 0 spiro atoms. The van der Waals surface area contributed by atoms with Crippen LogP contribution in [-0.4, -0.2) is 56.3 Å². The fourth-order valence-electron chi connectivity index (χ4n) is 7.19. The Labute approximate surface area is 254 Å². The van der Waals surface area contributed by atoms with Crippen LogP contribution >= 0.6 is 23.5 Å². The van der Waals surface area contributed by atoms with Crippen LogP contribution in [0.15, 0.2) is 23.3 Å². The Hall–Kier alpha value is -0.0531. The van der Waals surface area contributed by atoms with Gasteiger partial charge in [-0.15, -0.1) is 23.5 Å². The van der Waals surface area contributed by atoms with E-state index >= 15 is 0 Å². The molecule has 0 radical (unpaired) electrons. The first-order valence-electron chi connectivity index (χ1n) is 15.7. The molecule has 0 aromatic heterocycles. The molecule has 2 unspecified atom stereocenters. The van der Waals surface area contributed by atoms with Crippen LogP contribution in [0.5, 0.6) is 0 Å². The number of carbonyl (C=O) groups excluding carboxylic acids is 1. The lowest BCUT2D eigenvalue weighted by Crippen LogP contribution is -2.47. The number of thioether (sulfide) groups is 2. The molecule has 2 saturated carbocycles. The van der Waals surface area contributed by atoms with Gasteiger partial charge in [0.1, 0.15) is 12.6 Å². The molecule has 4 aliphatic rings. The first-order valence-corrected chi connectivity index (χ1v) is 20.6. The third-order valence-corrected chi connectivity index (χ3v) is 18.7. The van der Waals surface area contributed by atoms with E-state index < -0.39 is 8.32 Å². The number of hydrogen-bond donors (Lipinski definition) is 0. The SMILES string of the molecule is COCOC/C(C)=C/CCC1(CCC(O[Si](C)(C)C(C)(C)C)C2CCC3=CCC[C@]4(C)[C@H](C2=O)[C@H]34)SCCCS1. The van der Waals surface area contributed by atoms with E-state index in [0.29, 0.717) is 25.1 Å². The Kier molecular flexibility index (Phi) is 10.9. The van der Waals surface area contributed by atoms with E-state index in [1.54, 1.807) is 12.7 Å². The van der Waals surface area contributed by atoms with Crippen LogP contribution < -0.4 is 0 Å². The van der Waals surface area contributed by atoms with Gasteiger partial charge in [-0.25, -0.2) is 0 Å². The van der Waals surface area contributed by atoms with E-state index in [2.05, 4.69) is 83.4 Å². The van der Waals surface area contributed by atoms with Crippen LogP contribution in [0.1, 0.15) is 92.4 Å². The van der Waals surface area contributed by atoms with Gasteiger partial charge in [-0.1, -0.05) is 51.0 Å². The van der Waals surface area contributed by atoms with Crippen molar-refractivity contribution in [3.63, 3.8) is 0 Å². The lowest BCUT2D eigenvalue weighted by atomic mass is 9.81. The minimum Gasteiger partial charge on any atom is -0.413 e. The van der Waals surface area contributed by atoms with E-state index in [1.807, 2.05) is 0 Å². The van der Waals surface area contributed by atoms with Crippen molar-refractivity contribution in [3.05, 3.63) is 23.3 Å². The molecule has 0 N–H and O–H groups in total. The Bertz CT molecular complexity index is 949. The summed E-state index contributed by atoms with van der Waals surface area (Å²) in [5, 5.41) is 0.130. The van der Waals surface area contributed by atoms with Gasteiger partial charge in [0, 0.05) is 18.9 Å². The maximum absolute atomic E-state index is 14.3. The standard InChI is InChI=1S/C33H56O4S2Si/c1-24(22-36-23-35-6)12-9-18-33(38-20-11-21-39-33)19-16-27(37-40(7,8)31(2,3)4)26-15-14-25-13-10-17-32(5)28(25)29(32)30(26)34/h12-13,26-29H,9-11,14-23H2,1-8H3/b24-12+/t26?,27?,28-,29-,32-/m0/s1. The molecule has 7 heteroatoms. The third kappa shape index (κ3) is 7.35. The topological polar surface area (TPSA) is 44.8 Å². The average Bonchev–Trinajstić information content (AvgIpc) is 3.56. The second-order valence-corrected chi connectivity index (χ2v) is 22.6. The summed E-state index contributed by atoms with van der Waals surface area (Å²) in [6.45, 7) is 17.3. The number of ether oxygens (including phenoxy) is 2. The summed E-state index contributed by atoms with van der Waals surface area (Å²) in [5.41, 5.74) is 3.08. The van der Waals surface area contributed by atoms with Crippen molar-refractivity contribution in [1.29, 1.82) is 0 Å². The number of hydrogen-bond acceptors (Lipinski definition) is 6. The van der Waals surface area contributed by atoms with Crippen LogP contribution in [0.4, 0.5) is 0 Å². The first kappa shape index (κ1) is 32.9. The molecule has 1 aliphatic heterocycles. The van der Waals surface area contributed by atoms with Crippen molar-refractivity contribution in [2.75, 3.05) is 32.0 Å². The maximum Gasteiger partial charge on any atom is 0.192 e. The van der Waals surface area contributed by atoms with Crippen LogP contribution in [0.25, 0.3) is 0 Å². The van der Waals surface area contributed by atoms with Crippen molar-refractivity contribution in [2.24, 2.45) is 23.2 Å². The molecule has 4 nitrogen and oxygen atoms in total. The van der Waals surface area contributed by atoms with Gasteiger partial charge in [0.25, 0.3) is 0 Å². The average molecular weight is 609 g/mol. The Balaban J connectivity index is 1.51. The highest BCUT2D eigenvalue weighted by Crippen LogP contribution is 2.69. The van der Waals surface area contributed by atoms with E-state index in [-0.39, 0.29) is 32.5 Å². The zero-order chi connectivity index (χ0) is 29.2. The number of carbonyl (C=O) groups is 1. The van der Waals surface area contributed by atoms with Gasteiger partial charge < -0.3 is 13.9 Å². The smallest absolute Gasteiger partial charge is 0.192 e. The fraction of sp³-hybridized carbons (Fsp3) is 0.848. The highest BCUT2D eigenvalue weighted by Gasteiger charge is 2.68. The molecule has 4 rings (SSSR count). The zero-order valence-corrected chi connectivity index (χ0v) is 29.2. The predicted octanol–water partition coefficient (Wildman–Crippen LogP) is 9.02. The second kappa shape index (κ2) is 13.3. The molecule has 0 aromatic rings. The van der Waals surface area contributed by atoms with Crippen molar-refractivity contribution in [2.45, 2.75) is 121 Å². The molecule has 0 amide bonds. The molecule has 40 heavy (non-hydrogen) atoms. The molecule has 228 valence electrons. The fourth-order valence-corrected chi connectivity index (χ4v) is 12.0. The van der Waals surface area contributed by atoms with E-state index in [1.165, 1.54) is 29.9 Å². The van der Waals surface area contributed by atoms with Crippen LogP contribution in [0, 0.1) is 23.2 Å². The molecular formula is C33H56O4S2Si. The van der Waals surface area contributed by atoms with Crippen LogP contribution in [0.2, 0.25) is 18.1 Å². The molecule has 1 heterocycles. The van der Waals surface area contributed by atoms with E-state index in [9.17, 15) is 4.79 Å². The van der Waals surface area contributed by atoms with Crippen molar-refractivity contribution >= 4 is 37.6 Å². The molecule has 1 saturated heterocycles. The van der Waals surface area contributed by atoms with Gasteiger partial charge in [0.05, 0.1) is 16.8 Å². The summed E-state index contributed by atoms with van der Waals surface area (Å²) >= 11 is 4.33. The molecule has 3 fully saturated rings. The second-order valence-electron chi connectivity index (χ2n) is 14.6. The quantitative estimate of drug-likeness (QED) is 0.0900. The highest BCUT2D eigenvalue weighted by molar-refractivity contribution is 8.18. The van der Waals surface area contributed by atoms with Gasteiger partial charge in [-0.2, -0.15) is 0 Å². The van der Waals surface area contributed by atoms with Crippen molar-refractivity contribution < 1.29 is 18.7 Å². The van der Waals surface area contributed by atoms with E-state index in [4.69, 9.17) is 13.9 Å². The molecular weight excluding hydrogens is 553 g/mol. The monoisotopic (exact) mass is 608 g/mol. The number of allylic oxidation sites excluding steroid dienone is 3. The number of methoxy groups -OCH3 is 1. The van der Waals surface area contributed by atoms with E-state index in [0.717, 1.165) is 44.9 Å². The van der Waals surface area contributed by atoms with Crippen LogP contribution in [0.3, 0.4) is 0 Å². The summed E-state index contributed by atoms with van der Waals surface area (Å²) in [7, 11) is -0.371. The van der Waals surface area contributed by atoms with Gasteiger partial charge in [-0.05, 0) is 106 Å². The largest absolute Gasteiger partial charge is 0.413 e. The number of fused-ring (bicyclic) bond motifs is 1. The maximum atomic E-state index is 14.3. The van der Waals surface area contributed by atoms with Gasteiger partial charge in [0.2, 0.25) is 0 Å². The lowest BCUT2D eigenvalue weighted by molar-refractivity contribution is -0.128. The molecule has 0 bridgehead atoms. The number of ketones is 1. The zero-order valence-electron chi connectivity index (χ0n) is 26.6. The molecule has 0 aromatic carbocycles. The van der Waals surface area contributed by atoms with Gasteiger partial charge >= 0.3 is 0 Å². The summed E-state index contributed by atoms with van der Waals surface area (Å²) < 4.78 is 18.0. The highest BCUT2D eigenvalue weighted by atomic mass is 32.2. The summed E-state index contributed by atoms with van der Waals surface area (Å²) in [5.74, 6) is 3.81. The Morgan fingerprint density at radius 2 is 1.93 bits per heavy atom. The Morgan fingerprint density at radius 1 is 1.20 bits per heavy atom. The third-order valence-electron chi connectivity index (χ3n) is 10.6. The van der Waals surface area contributed by atoms with Crippen molar-refractivity contribution in [1.82, 2.24) is 0 Å². The van der Waals surface area contributed by atoms with Crippen molar-refractivity contribution in [3.8, 4) is 0 Å². The normalized spacial score (nSPS) is 31.3. The Morgan fingerprint density at radius 3 is 2.60 bits per heavy atom. The minimum atomic E-state index is -2.03. The lowest BCUT2D eigenvalue weighted by Gasteiger charge is -2.43. The summed E-state index contributed by atoms with van der Waals surface area (Å²) in [6.07, 6.45) is 14.9. The molecule has 5 atom stereocenters. The summed E-state index contributed by atoms with van der Waals surface area (Å²) in [4.78, 5) is 14.3. The minimum absolute atomic E-state index is 0.0393.